The molecule has 38 heavy (non-hydrogen) atoms. The minimum atomic E-state index is -3.99. The number of unbranched alkanes of at least 4 members (excludes halogenated alkanes) is 1. The van der Waals surface area contributed by atoms with Crippen LogP contribution in [0.5, 0.6) is 0 Å². The van der Waals surface area contributed by atoms with Crippen LogP contribution in [0.15, 0.2) is 76.0 Å². The standard InChI is InChI=1S/C31H27NO5S/c1-31(2)26-13-7-8-14-27(26)32(17-9-10-18-38(34,35)36)29(31)16-15-24-20-25-19-22-11-5-3-4-6-12-23(22)21-28(25)37-30(24)33/h3-5,7-8,11,13-16,19-21H,9-10,17-18H2,1-2H3/p+1/b4-3-,5-3?,11-5?,16-15+,22-11?. The molecular weight excluding hydrogens is 498 g/mol. The number of rotatable bonds is 7. The first kappa shape index (κ1) is 25.7. The van der Waals surface area contributed by atoms with Gasteiger partial charge in [0, 0.05) is 35.1 Å². The Morgan fingerprint density at radius 1 is 1.08 bits per heavy atom. The van der Waals surface area contributed by atoms with E-state index < -0.39 is 15.7 Å². The lowest BCUT2D eigenvalue weighted by Crippen LogP contribution is -2.28. The fourth-order valence-electron chi connectivity index (χ4n) is 5.05. The van der Waals surface area contributed by atoms with Crippen LogP contribution in [-0.2, 0) is 15.5 Å². The molecule has 5 rings (SSSR count). The summed E-state index contributed by atoms with van der Waals surface area (Å²) in [7, 11) is -3.99. The zero-order valence-corrected chi connectivity index (χ0v) is 22.1. The molecule has 1 aromatic heterocycles. The monoisotopic (exact) mass is 526 g/mol. The van der Waals surface area contributed by atoms with Crippen molar-refractivity contribution >= 4 is 44.6 Å². The maximum atomic E-state index is 12.9. The summed E-state index contributed by atoms with van der Waals surface area (Å²) in [6.45, 7) is 4.84. The first-order chi connectivity index (χ1) is 18.1. The Hall–Kier alpha value is -3.99. The minimum absolute atomic E-state index is 0.268. The van der Waals surface area contributed by atoms with Gasteiger partial charge in [0.15, 0.2) is 5.71 Å². The summed E-state index contributed by atoms with van der Waals surface area (Å²) in [4.78, 5) is 12.9. The highest BCUT2D eigenvalue weighted by molar-refractivity contribution is 7.85. The normalized spacial score (nSPS) is 16.6. The van der Waals surface area contributed by atoms with Crippen LogP contribution in [0.3, 0.4) is 0 Å². The Morgan fingerprint density at radius 2 is 1.89 bits per heavy atom. The van der Waals surface area contributed by atoms with Gasteiger partial charge in [0.25, 0.3) is 10.1 Å². The Balaban J connectivity index is 1.53. The molecule has 0 bridgehead atoms. The maximum Gasteiger partial charge on any atom is 0.343 e. The topological polar surface area (TPSA) is 87.6 Å². The fraction of sp³-hybridized carbons (Fsp3) is 0.226. The van der Waals surface area contributed by atoms with Gasteiger partial charge in [-0.25, -0.2) is 4.79 Å². The van der Waals surface area contributed by atoms with Crippen molar-refractivity contribution in [2.45, 2.75) is 32.1 Å². The van der Waals surface area contributed by atoms with Crippen LogP contribution in [0.2, 0.25) is 0 Å². The number of para-hydroxylation sites is 1. The van der Waals surface area contributed by atoms with Crippen LogP contribution in [0.1, 0.15) is 48.9 Å². The summed E-state index contributed by atoms with van der Waals surface area (Å²) in [5, 5.41) is 0.806. The van der Waals surface area contributed by atoms with Crippen LogP contribution in [0, 0.1) is 11.8 Å². The lowest BCUT2D eigenvalue weighted by Gasteiger charge is -2.15. The Kier molecular flexibility index (Phi) is 6.78. The summed E-state index contributed by atoms with van der Waals surface area (Å²) in [6.07, 6.45) is 12.2. The lowest BCUT2D eigenvalue weighted by atomic mass is 9.81. The molecular formula is C31H28NO5S+. The van der Waals surface area contributed by atoms with Crippen molar-refractivity contribution in [2.75, 3.05) is 12.3 Å². The quantitative estimate of drug-likeness (QED) is 0.145. The van der Waals surface area contributed by atoms with Crippen LogP contribution in [0.25, 0.3) is 23.1 Å². The fourth-order valence-corrected chi connectivity index (χ4v) is 5.62. The van der Waals surface area contributed by atoms with Crippen molar-refractivity contribution in [2.24, 2.45) is 0 Å². The largest absolute Gasteiger partial charge is 0.422 e. The maximum absolute atomic E-state index is 12.9. The van der Waals surface area contributed by atoms with E-state index in [1.54, 1.807) is 18.2 Å². The molecule has 0 unspecified atom stereocenters. The highest BCUT2D eigenvalue weighted by atomic mass is 32.2. The molecule has 0 fully saturated rings. The van der Waals surface area contributed by atoms with Gasteiger partial charge in [-0.15, -0.1) is 0 Å². The third kappa shape index (κ3) is 5.19. The molecule has 0 saturated heterocycles. The minimum Gasteiger partial charge on any atom is -0.422 e. The van der Waals surface area contributed by atoms with Crippen LogP contribution in [-0.4, -0.2) is 35.6 Å². The average Bonchev–Trinajstić information content (AvgIpc) is 3.06. The van der Waals surface area contributed by atoms with Gasteiger partial charge in [-0.1, -0.05) is 48.3 Å². The molecule has 1 aliphatic carbocycles. The van der Waals surface area contributed by atoms with E-state index >= 15 is 0 Å². The van der Waals surface area contributed by atoms with Gasteiger partial charge in [0.05, 0.1) is 16.7 Å². The van der Waals surface area contributed by atoms with E-state index in [1.165, 1.54) is 0 Å². The highest BCUT2D eigenvalue weighted by Gasteiger charge is 2.43. The van der Waals surface area contributed by atoms with E-state index in [9.17, 15) is 13.2 Å². The number of benzene rings is 2. The van der Waals surface area contributed by atoms with Gasteiger partial charge in [-0.2, -0.15) is 13.0 Å². The van der Waals surface area contributed by atoms with E-state index in [1.807, 2.05) is 54.6 Å². The molecule has 2 aromatic carbocycles. The molecule has 192 valence electrons. The smallest absolute Gasteiger partial charge is 0.343 e. The molecule has 6 nitrogen and oxygen atoms in total. The van der Waals surface area contributed by atoms with E-state index in [2.05, 4.69) is 36.3 Å². The number of nitrogens with zero attached hydrogens (tertiary/aromatic N) is 1. The first-order valence-corrected chi connectivity index (χ1v) is 14.1. The molecule has 1 aliphatic heterocycles. The predicted octanol–water partition coefficient (Wildman–Crippen LogP) is 5.49. The van der Waals surface area contributed by atoms with Gasteiger partial charge in [-0.3, -0.25) is 4.55 Å². The van der Waals surface area contributed by atoms with Gasteiger partial charge in [-0.05, 0) is 56.2 Å². The third-order valence-corrected chi connectivity index (χ3v) is 7.76. The molecule has 0 atom stereocenters. The van der Waals surface area contributed by atoms with Crippen molar-refractivity contribution in [1.82, 2.24) is 0 Å². The SMILES string of the molecule is CC1(C)C(/C=C/c2cc3cc4c(cc3oc2=O)C#C/C=C\C=C4)=[N+](CCCCS(=O)(=O)O)c2ccccc21. The molecule has 0 spiro atoms. The Labute approximate surface area is 222 Å². The number of hydrogen-bond acceptors (Lipinski definition) is 4. The lowest BCUT2D eigenvalue weighted by molar-refractivity contribution is -0.438. The van der Waals surface area contributed by atoms with Crippen LogP contribution in [0.4, 0.5) is 5.69 Å². The Bertz CT molecular complexity index is 1790. The first-order valence-electron chi connectivity index (χ1n) is 12.5. The zero-order chi connectivity index (χ0) is 26.9. The molecule has 1 N–H and O–H groups in total. The Morgan fingerprint density at radius 3 is 2.71 bits per heavy atom. The highest BCUT2D eigenvalue weighted by Crippen LogP contribution is 2.40. The van der Waals surface area contributed by atoms with Crippen molar-refractivity contribution < 1.29 is 22.0 Å². The average molecular weight is 527 g/mol. The van der Waals surface area contributed by atoms with E-state index in [4.69, 9.17) is 8.97 Å². The number of allylic oxidation sites excluding steroid dienone is 4. The van der Waals surface area contributed by atoms with Gasteiger partial charge < -0.3 is 4.42 Å². The summed E-state index contributed by atoms with van der Waals surface area (Å²) in [6, 6.07) is 13.7. The van der Waals surface area contributed by atoms with E-state index in [0.717, 1.165) is 33.5 Å². The van der Waals surface area contributed by atoms with E-state index in [-0.39, 0.29) is 11.2 Å². The second-order valence-electron chi connectivity index (χ2n) is 9.96. The van der Waals surface area contributed by atoms with Gasteiger partial charge >= 0.3 is 5.63 Å². The van der Waals surface area contributed by atoms with Gasteiger partial charge in [0.2, 0.25) is 5.69 Å². The summed E-state index contributed by atoms with van der Waals surface area (Å²) >= 11 is 0. The molecule has 3 aromatic rings. The molecule has 7 heteroatoms. The van der Waals surface area contributed by atoms with Gasteiger partial charge in [0.1, 0.15) is 12.1 Å². The molecule has 2 aliphatic rings. The van der Waals surface area contributed by atoms with Crippen molar-refractivity contribution in [1.29, 1.82) is 0 Å². The zero-order valence-electron chi connectivity index (χ0n) is 21.3. The van der Waals surface area contributed by atoms with Crippen molar-refractivity contribution in [3.63, 3.8) is 0 Å². The second-order valence-corrected chi connectivity index (χ2v) is 11.5. The van der Waals surface area contributed by atoms with Crippen LogP contribution >= 0.6 is 0 Å². The number of fused-ring (bicyclic) bond motifs is 3. The molecule has 0 saturated carbocycles. The second kappa shape index (κ2) is 10.1. The molecule has 0 radical (unpaired) electrons. The summed E-state index contributed by atoms with van der Waals surface area (Å²) in [5.41, 5.74) is 5.11. The summed E-state index contributed by atoms with van der Waals surface area (Å²) in [5.74, 6) is 5.79. The molecule has 2 heterocycles. The van der Waals surface area contributed by atoms with Crippen molar-refractivity contribution in [3.8, 4) is 11.8 Å². The third-order valence-electron chi connectivity index (χ3n) is 6.96. The number of hydrogen-bond donors (Lipinski definition) is 1. The predicted molar refractivity (Wildman–Crippen MR) is 151 cm³/mol. The summed E-state index contributed by atoms with van der Waals surface area (Å²) < 4.78 is 39.3. The van der Waals surface area contributed by atoms with Crippen LogP contribution < -0.4 is 5.63 Å². The van der Waals surface area contributed by atoms with Crippen molar-refractivity contribution in [3.05, 3.63) is 99.4 Å². The molecule has 0 amide bonds. The van der Waals surface area contributed by atoms with E-state index in [0.29, 0.717) is 30.5 Å².